The number of esters is 1. The van der Waals surface area contributed by atoms with E-state index < -0.39 is 12.1 Å². The first-order valence-corrected chi connectivity index (χ1v) is 6.35. The van der Waals surface area contributed by atoms with Gasteiger partial charge in [-0.05, 0) is 11.6 Å². The van der Waals surface area contributed by atoms with Crippen LogP contribution in [0.5, 0.6) is 0 Å². The molecule has 0 aromatic heterocycles. The highest BCUT2D eigenvalue weighted by molar-refractivity contribution is 5.96. The van der Waals surface area contributed by atoms with Gasteiger partial charge in [0.05, 0.1) is 25.3 Å². The normalized spacial score (nSPS) is 19.3. The number of nitrogens with two attached hydrogens (primary N) is 1. The molecule has 1 aromatic rings. The Morgan fingerprint density at radius 1 is 1.65 bits per heavy atom. The number of rotatable bonds is 3. The fraction of sp³-hybridized carbons (Fsp3) is 0.429. The Balaban J connectivity index is 2.19. The fourth-order valence-electron chi connectivity index (χ4n) is 2.27. The van der Waals surface area contributed by atoms with Crippen LogP contribution in [0.3, 0.4) is 0 Å². The summed E-state index contributed by atoms with van der Waals surface area (Å²) in [7, 11) is 1.33. The number of carbonyl (C=O) groups is 1. The van der Waals surface area contributed by atoms with Crippen LogP contribution in [0.4, 0.5) is 5.69 Å². The van der Waals surface area contributed by atoms with Gasteiger partial charge in [0.1, 0.15) is 0 Å². The highest BCUT2D eigenvalue weighted by Crippen LogP contribution is 2.20. The molecule has 0 amide bonds. The fourth-order valence-corrected chi connectivity index (χ4v) is 2.27. The summed E-state index contributed by atoms with van der Waals surface area (Å²) >= 11 is 0. The van der Waals surface area contributed by atoms with Crippen molar-refractivity contribution in [2.45, 2.75) is 12.6 Å². The van der Waals surface area contributed by atoms with E-state index in [2.05, 4.69) is 11.0 Å². The van der Waals surface area contributed by atoms with Crippen molar-refractivity contribution in [3.05, 3.63) is 29.3 Å². The average Bonchev–Trinajstić information content (AvgIpc) is 2.47. The minimum absolute atomic E-state index is 0.398. The van der Waals surface area contributed by atoms with Crippen LogP contribution < -0.4 is 5.73 Å². The summed E-state index contributed by atoms with van der Waals surface area (Å²) in [5.74, 6) is -0.441. The SMILES string of the molecule is COC(=O)c1c(N)cccc1CN1CCOC(C#N)C1. The molecule has 1 aliphatic rings. The zero-order valence-corrected chi connectivity index (χ0v) is 11.3. The molecule has 20 heavy (non-hydrogen) atoms. The molecule has 6 nitrogen and oxygen atoms in total. The lowest BCUT2D eigenvalue weighted by Gasteiger charge is -2.30. The maximum Gasteiger partial charge on any atom is 0.340 e. The lowest BCUT2D eigenvalue weighted by molar-refractivity contribution is -0.00281. The Labute approximate surface area is 117 Å². The summed E-state index contributed by atoms with van der Waals surface area (Å²) in [6.07, 6.45) is -0.425. The Hall–Kier alpha value is -2.10. The third-order valence-corrected chi connectivity index (χ3v) is 3.26. The van der Waals surface area contributed by atoms with Crippen LogP contribution in [0.1, 0.15) is 15.9 Å². The molecule has 1 aromatic carbocycles. The number of nitrogens with zero attached hydrogens (tertiary/aromatic N) is 2. The lowest BCUT2D eigenvalue weighted by atomic mass is 10.0. The number of hydrogen-bond acceptors (Lipinski definition) is 6. The topological polar surface area (TPSA) is 88.6 Å². The van der Waals surface area contributed by atoms with Gasteiger partial charge in [-0.1, -0.05) is 12.1 Å². The third-order valence-electron chi connectivity index (χ3n) is 3.26. The van der Waals surface area contributed by atoms with Gasteiger partial charge in [-0.15, -0.1) is 0 Å². The number of benzene rings is 1. The van der Waals surface area contributed by atoms with Gasteiger partial charge in [-0.3, -0.25) is 4.90 Å². The van der Waals surface area contributed by atoms with Gasteiger partial charge >= 0.3 is 5.97 Å². The van der Waals surface area contributed by atoms with Crippen molar-refractivity contribution in [1.82, 2.24) is 4.90 Å². The van der Waals surface area contributed by atoms with Gasteiger partial charge in [0.2, 0.25) is 0 Å². The van der Waals surface area contributed by atoms with Crippen molar-refractivity contribution in [3.8, 4) is 6.07 Å². The Morgan fingerprint density at radius 3 is 3.15 bits per heavy atom. The summed E-state index contributed by atoms with van der Waals surface area (Å²) in [4.78, 5) is 13.9. The van der Waals surface area contributed by atoms with Gasteiger partial charge in [0, 0.05) is 25.3 Å². The molecule has 1 fully saturated rings. The summed E-state index contributed by atoms with van der Waals surface area (Å²) in [6.45, 7) is 2.28. The number of carbonyl (C=O) groups excluding carboxylic acids is 1. The second-order valence-electron chi connectivity index (χ2n) is 4.60. The van der Waals surface area contributed by atoms with Crippen LogP contribution in [0.15, 0.2) is 18.2 Å². The Kier molecular flexibility index (Phi) is 4.56. The maximum absolute atomic E-state index is 11.8. The minimum atomic E-state index is -0.441. The van der Waals surface area contributed by atoms with Crippen LogP contribution in [-0.2, 0) is 16.0 Å². The summed E-state index contributed by atoms with van der Waals surface area (Å²) in [5.41, 5.74) is 7.46. The molecule has 0 bridgehead atoms. The van der Waals surface area contributed by atoms with Crippen LogP contribution in [-0.4, -0.2) is 43.8 Å². The first-order chi connectivity index (χ1) is 9.65. The van der Waals surface area contributed by atoms with E-state index in [0.29, 0.717) is 37.5 Å². The van der Waals surface area contributed by atoms with Crippen LogP contribution in [0.2, 0.25) is 0 Å². The second kappa shape index (κ2) is 6.37. The van der Waals surface area contributed by atoms with Gasteiger partial charge < -0.3 is 15.2 Å². The van der Waals surface area contributed by atoms with Crippen LogP contribution in [0.25, 0.3) is 0 Å². The third kappa shape index (κ3) is 3.07. The molecule has 0 aliphatic carbocycles. The van der Waals surface area contributed by atoms with Crippen molar-refractivity contribution >= 4 is 11.7 Å². The van der Waals surface area contributed by atoms with E-state index in [1.165, 1.54) is 7.11 Å². The maximum atomic E-state index is 11.8. The largest absolute Gasteiger partial charge is 0.465 e. The standard InChI is InChI=1S/C14H17N3O3/c1-19-14(18)13-10(3-2-4-12(13)16)8-17-5-6-20-11(7-15)9-17/h2-4,11H,5-6,8-9,16H2,1H3. The minimum Gasteiger partial charge on any atom is -0.465 e. The summed E-state index contributed by atoms with van der Waals surface area (Å²) in [6, 6.07) is 7.42. The molecule has 106 valence electrons. The van der Waals surface area contributed by atoms with E-state index in [0.717, 1.165) is 5.56 Å². The van der Waals surface area contributed by atoms with E-state index in [1.807, 2.05) is 6.07 Å². The number of ether oxygens (including phenoxy) is 2. The van der Waals surface area contributed by atoms with E-state index in [-0.39, 0.29) is 0 Å². The molecule has 1 heterocycles. The monoisotopic (exact) mass is 275 g/mol. The number of nitriles is 1. The van der Waals surface area contributed by atoms with Gasteiger partial charge in [0.15, 0.2) is 6.10 Å². The van der Waals surface area contributed by atoms with Gasteiger partial charge in [0.25, 0.3) is 0 Å². The number of morpholine rings is 1. The number of nitrogen functional groups attached to an aromatic ring is 1. The van der Waals surface area contributed by atoms with Crippen LogP contribution in [0, 0.1) is 11.3 Å². The molecule has 2 rings (SSSR count). The smallest absolute Gasteiger partial charge is 0.340 e. The first kappa shape index (κ1) is 14.3. The number of hydrogen-bond donors (Lipinski definition) is 1. The molecule has 0 spiro atoms. The highest BCUT2D eigenvalue weighted by atomic mass is 16.5. The molecule has 2 N–H and O–H groups in total. The van der Waals surface area contributed by atoms with Crippen molar-refractivity contribution in [2.24, 2.45) is 0 Å². The zero-order valence-electron chi connectivity index (χ0n) is 11.3. The van der Waals surface area contributed by atoms with E-state index >= 15 is 0 Å². The molecule has 0 radical (unpaired) electrons. The number of methoxy groups -OCH3 is 1. The van der Waals surface area contributed by atoms with Gasteiger partial charge in [-0.2, -0.15) is 5.26 Å². The van der Waals surface area contributed by atoms with Gasteiger partial charge in [-0.25, -0.2) is 4.79 Å². The average molecular weight is 275 g/mol. The molecule has 1 atom stereocenters. The molecule has 0 saturated carbocycles. The number of anilines is 1. The molecule has 1 aliphatic heterocycles. The van der Waals surface area contributed by atoms with Crippen molar-refractivity contribution in [2.75, 3.05) is 32.5 Å². The lowest BCUT2D eigenvalue weighted by Crippen LogP contribution is -2.41. The van der Waals surface area contributed by atoms with E-state index in [4.69, 9.17) is 20.5 Å². The summed E-state index contributed by atoms with van der Waals surface area (Å²) in [5, 5.41) is 8.90. The first-order valence-electron chi connectivity index (χ1n) is 6.35. The molecular weight excluding hydrogens is 258 g/mol. The quantitative estimate of drug-likeness (QED) is 0.647. The zero-order chi connectivity index (χ0) is 14.5. The van der Waals surface area contributed by atoms with E-state index in [9.17, 15) is 4.79 Å². The van der Waals surface area contributed by atoms with Crippen molar-refractivity contribution in [1.29, 1.82) is 5.26 Å². The predicted octanol–water partition coefficient (Wildman–Crippen LogP) is 0.780. The van der Waals surface area contributed by atoms with E-state index in [1.54, 1.807) is 12.1 Å². The molecule has 1 unspecified atom stereocenters. The van der Waals surface area contributed by atoms with Crippen LogP contribution >= 0.6 is 0 Å². The van der Waals surface area contributed by atoms with Crippen molar-refractivity contribution in [3.63, 3.8) is 0 Å². The Bertz CT molecular complexity index is 539. The predicted molar refractivity (Wildman–Crippen MR) is 72.8 cm³/mol. The highest BCUT2D eigenvalue weighted by Gasteiger charge is 2.22. The second-order valence-corrected chi connectivity index (χ2v) is 4.60. The Morgan fingerprint density at radius 2 is 2.45 bits per heavy atom. The molecule has 6 heteroatoms. The molecule has 1 saturated heterocycles. The summed E-state index contributed by atoms with van der Waals surface area (Å²) < 4.78 is 10.1. The molecular formula is C14H17N3O3. The van der Waals surface area contributed by atoms with Crippen molar-refractivity contribution < 1.29 is 14.3 Å².